The van der Waals surface area contributed by atoms with Crippen molar-refractivity contribution in [1.82, 2.24) is 15.5 Å². The molecule has 11 nitrogen and oxygen atoms in total. The van der Waals surface area contributed by atoms with Gasteiger partial charge in [-0.15, -0.1) is 10.2 Å². The van der Waals surface area contributed by atoms with Crippen molar-refractivity contribution in [3.05, 3.63) is 62.8 Å². The van der Waals surface area contributed by atoms with Gasteiger partial charge in [-0.05, 0) is 48.8 Å². The van der Waals surface area contributed by atoms with E-state index in [1.165, 1.54) is 12.1 Å². The number of aromatic nitrogens is 2. The zero-order valence-electron chi connectivity index (χ0n) is 20.0. The molecule has 208 valence electrons. The fraction of sp³-hybridized carbons (Fsp3) is 0.318. The number of benzene rings is 1. The van der Waals surface area contributed by atoms with Crippen LogP contribution in [0.5, 0.6) is 0 Å². The Kier molecular flexibility index (Phi) is 8.51. The van der Waals surface area contributed by atoms with Crippen LogP contribution in [0.1, 0.15) is 29.4 Å². The normalized spacial score (nSPS) is 14.7. The van der Waals surface area contributed by atoms with Gasteiger partial charge in [-0.3, -0.25) is 20.3 Å². The zero-order valence-corrected chi connectivity index (χ0v) is 20.0. The van der Waals surface area contributed by atoms with E-state index in [2.05, 4.69) is 20.5 Å². The quantitative estimate of drug-likeness (QED) is 0.150. The summed E-state index contributed by atoms with van der Waals surface area (Å²) in [5.41, 5.74) is -1.36. The first-order chi connectivity index (χ1) is 18.2. The van der Waals surface area contributed by atoms with E-state index in [4.69, 9.17) is 5.41 Å². The number of amidine groups is 1. The smallest absolute Gasteiger partial charge is 0.367 e. The van der Waals surface area contributed by atoms with Gasteiger partial charge < -0.3 is 15.5 Å². The molecule has 2 heterocycles. The highest BCUT2D eigenvalue weighted by atomic mass is 19.4. The fourth-order valence-corrected chi connectivity index (χ4v) is 3.73. The molecule has 0 fully saturated rings. The summed E-state index contributed by atoms with van der Waals surface area (Å²) in [6.45, 7) is 0.515. The molecule has 1 aliphatic rings. The molecule has 0 aliphatic carbocycles. The third kappa shape index (κ3) is 7.48. The maximum atomic E-state index is 13.4. The molecular weight excluding hydrogens is 538 g/mol. The van der Waals surface area contributed by atoms with E-state index in [1.54, 1.807) is 17.1 Å². The van der Waals surface area contributed by atoms with Crippen molar-refractivity contribution in [2.24, 2.45) is 4.99 Å². The van der Waals surface area contributed by atoms with Crippen LogP contribution in [0, 0.1) is 15.5 Å². The third-order valence-electron chi connectivity index (χ3n) is 5.49. The van der Waals surface area contributed by atoms with Crippen LogP contribution < -0.4 is 15.5 Å². The van der Waals surface area contributed by atoms with Crippen molar-refractivity contribution in [2.75, 3.05) is 29.9 Å². The number of nitro groups is 1. The van der Waals surface area contributed by atoms with Gasteiger partial charge in [0.15, 0.2) is 11.5 Å². The Morgan fingerprint density at radius 1 is 1.21 bits per heavy atom. The number of rotatable bonds is 7. The second kappa shape index (κ2) is 11.4. The summed E-state index contributed by atoms with van der Waals surface area (Å²) >= 11 is 0. The largest absolute Gasteiger partial charge is 0.423 e. The fourth-order valence-electron chi connectivity index (χ4n) is 3.73. The lowest BCUT2D eigenvalue weighted by molar-refractivity contribution is -0.388. The van der Waals surface area contributed by atoms with Crippen LogP contribution in [-0.2, 0) is 6.18 Å². The zero-order chi connectivity index (χ0) is 29.0. The summed E-state index contributed by atoms with van der Waals surface area (Å²) in [6, 6.07) is 5.18. The van der Waals surface area contributed by atoms with Crippen molar-refractivity contribution in [2.45, 2.75) is 25.7 Å². The molecule has 1 amide bonds. The first-order valence-corrected chi connectivity index (χ1v) is 11.0. The van der Waals surface area contributed by atoms with Crippen LogP contribution in [0.2, 0.25) is 0 Å². The van der Waals surface area contributed by atoms with E-state index in [1.807, 2.05) is 0 Å². The molecule has 0 radical (unpaired) electrons. The lowest BCUT2D eigenvalue weighted by Crippen LogP contribution is -2.35. The predicted octanol–water partition coefficient (Wildman–Crippen LogP) is 4.34. The second-order valence-corrected chi connectivity index (χ2v) is 8.22. The Hall–Kier alpha value is -4.57. The Morgan fingerprint density at radius 2 is 1.92 bits per heavy atom. The highest BCUT2D eigenvalue weighted by molar-refractivity contribution is 6.10. The average Bonchev–Trinajstić information content (AvgIpc) is 2.86. The topological polar surface area (TPSA) is 150 Å². The molecule has 0 spiro atoms. The molecule has 1 aromatic heterocycles. The third-order valence-corrected chi connectivity index (χ3v) is 5.49. The summed E-state index contributed by atoms with van der Waals surface area (Å²) in [5.74, 6) is -0.841. The number of carbonyl (C=O) groups excluding carboxylic acids is 1. The minimum atomic E-state index is -4.92. The summed E-state index contributed by atoms with van der Waals surface area (Å²) in [5, 5.41) is 30.2. The summed E-state index contributed by atoms with van der Waals surface area (Å²) in [6.07, 6.45) is -8.51. The van der Waals surface area contributed by atoms with Gasteiger partial charge in [0.2, 0.25) is 0 Å². The van der Waals surface area contributed by atoms with Crippen molar-refractivity contribution >= 4 is 35.3 Å². The number of hydrogen-bond donors (Lipinski definition) is 3. The number of aliphatic imine (C=N–C) groups is 1. The van der Waals surface area contributed by atoms with Crippen molar-refractivity contribution in [3.63, 3.8) is 0 Å². The Balaban J connectivity index is 1.77. The van der Waals surface area contributed by atoms with Crippen LogP contribution in [0.25, 0.3) is 0 Å². The average molecular weight is 558 g/mol. The highest BCUT2D eigenvalue weighted by Crippen LogP contribution is 2.39. The van der Waals surface area contributed by atoms with Gasteiger partial charge in [0.1, 0.15) is 24.3 Å². The molecule has 1 aliphatic heterocycles. The number of nitrogens with zero attached hydrogens (tertiary/aromatic N) is 5. The van der Waals surface area contributed by atoms with E-state index < -0.39 is 41.0 Å². The van der Waals surface area contributed by atoms with Gasteiger partial charge in [0, 0.05) is 24.8 Å². The number of carbonyl (C=O) groups is 1. The molecule has 0 saturated carbocycles. The molecular formula is C22H20F6N8O3. The summed E-state index contributed by atoms with van der Waals surface area (Å²) in [7, 11) is 0. The molecule has 0 unspecified atom stereocenters. The maximum absolute atomic E-state index is 13.4. The van der Waals surface area contributed by atoms with E-state index in [0.717, 1.165) is 24.5 Å². The van der Waals surface area contributed by atoms with Crippen LogP contribution in [-0.4, -0.2) is 59.0 Å². The van der Waals surface area contributed by atoms with Crippen molar-refractivity contribution < 1.29 is 36.1 Å². The summed E-state index contributed by atoms with van der Waals surface area (Å²) in [4.78, 5) is 27.3. The molecule has 2 aromatic rings. The Labute approximate surface area is 216 Å². The van der Waals surface area contributed by atoms with Gasteiger partial charge in [0.25, 0.3) is 11.6 Å². The highest BCUT2D eigenvalue weighted by Gasteiger charge is 2.39. The number of alkyl halides is 6. The molecule has 1 aromatic carbocycles. The van der Waals surface area contributed by atoms with Gasteiger partial charge in [-0.1, -0.05) is 0 Å². The van der Waals surface area contributed by atoms with Gasteiger partial charge in [0.05, 0.1) is 4.92 Å². The second-order valence-electron chi connectivity index (χ2n) is 8.22. The van der Waals surface area contributed by atoms with Crippen LogP contribution >= 0.6 is 0 Å². The number of amides is 1. The predicted molar refractivity (Wildman–Crippen MR) is 128 cm³/mol. The lowest BCUT2D eigenvalue weighted by atomic mass is 9.99. The number of nitrogens with one attached hydrogen (secondary N) is 3. The molecule has 0 atom stereocenters. The van der Waals surface area contributed by atoms with Gasteiger partial charge >= 0.3 is 12.4 Å². The Bertz CT molecular complexity index is 1320. The van der Waals surface area contributed by atoms with E-state index in [-0.39, 0.29) is 42.5 Å². The number of anilines is 2. The standard InChI is InChI=1S/C22H20F6N8O3/c1-12-9-35(13-2-4-17(36(38)39)15(8-13)22(26,27)28)7-6-14(12)19(31-11-29)32-18-5-3-16(33-34-18)20(37)30-10-21(23,24)25/h2-5,8,11H,6-7,9-10H2,1H3,(H,30,37)(H2,29,31,32,34). The molecule has 17 heteroatoms. The molecule has 39 heavy (non-hydrogen) atoms. The van der Waals surface area contributed by atoms with E-state index in [9.17, 15) is 41.3 Å². The minimum absolute atomic E-state index is 0.0656. The summed E-state index contributed by atoms with van der Waals surface area (Å²) < 4.78 is 77.0. The SMILES string of the molecule is CC1=C(/C(=N\C=N)Nc2ccc(C(=O)NCC(F)(F)F)nn2)CCN(c2ccc([N+](=O)[O-])c(C(F)(F)F)c2)C1. The lowest BCUT2D eigenvalue weighted by Gasteiger charge is -2.32. The Morgan fingerprint density at radius 3 is 2.46 bits per heavy atom. The van der Waals surface area contributed by atoms with E-state index >= 15 is 0 Å². The van der Waals surface area contributed by atoms with Crippen molar-refractivity contribution in [1.29, 1.82) is 5.41 Å². The van der Waals surface area contributed by atoms with Gasteiger partial charge in [-0.2, -0.15) is 26.3 Å². The van der Waals surface area contributed by atoms with Gasteiger partial charge in [-0.25, -0.2) is 4.99 Å². The first kappa shape index (κ1) is 29.0. The first-order valence-electron chi connectivity index (χ1n) is 11.0. The molecule has 3 rings (SSSR count). The number of nitro benzene ring substituents is 1. The minimum Gasteiger partial charge on any atom is -0.367 e. The number of halogens is 6. The molecule has 0 saturated heterocycles. The van der Waals surface area contributed by atoms with Crippen LogP contribution in [0.15, 0.2) is 46.5 Å². The maximum Gasteiger partial charge on any atom is 0.423 e. The van der Waals surface area contributed by atoms with Crippen molar-refractivity contribution in [3.8, 4) is 0 Å². The van der Waals surface area contributed by atoms with Crippen LogP contribution in [0.3, 0.4) is 0 Å². The molecule has 0 bridgehead atoms. The number of hydrogen-bond acceptors (Lipinski definition) is 7. The van der Waals surface area contributed by atoms with E-state index in [0.29, 0.717) is 11.1 Å². The van der Waals surface area contributed by atoms with Crippen LogP contribution in [0.4, 0.5) is 43.5 Å². The molecule has 3 N–H and O–H groups in total. The monoisotopic (exact) mass is 558 g/mol.